The van der Waals surface area contributed by atoms with E-state index >= 15 is 0 Å². The van der Waals surface area contributed by atoms with E-state index in [9.17, 15) is 4.39 Å². The zero-order valence-corrected chi connectivity index (χ0v) is 16.5. The van der Waals surface area contributed by atoms with Crippen LogP contribution in [0, 0.1) is 5.82 Å². The minimum absolute atomic E-state index is 0.263. The summed E-state index contributed by atoms with van der Waals surface area (Å²) in [6.45, 7) is 0. The number of aromatic nitrogens is 5. The van der Waals surface area contributed by atoms with Crippen molar-refractivity contribution in [3.8, 4) is 22.6 Å². The zero-order valence-electron chi connectivity index (χ0n) is 16.5. The number of aryl methyl sites for hydroxylation is 2. The van der Waals surface area contributed by atoms with Crippen LogP contribution in [0.5, 0.6) is 0 Å². The number of hydrogen-bond acceptors (Lipinski definition) is 4. The van der Waals surface area contributed by atoms with E-state index in [0.717, 1.165) is 45.2 Å². The van der Waals surface area contributed by atoms with Crippen LogP contribution in [-0.2, 0) is 14.1 Å². The van der Waals surface area contributed by atoms with Crippen molar-refractivity contribution in [2.75, 3.05) is 5.32 Å². The third kappa shape index (κ3) is 3.10. The lowest BCUT2D eigenvalue weighted by Crippen LogP contribution is -1.97. The molecule has 0 aliphatic heterocycles. The van der Waals surface area contributed by atoms with Crippen LogP contribution in [0.4, 0.5) is 15.9 Å². The van der Waals surface area contributed by atoms with Crippen molar-refractivity contribution < 1.29 is 4.39 Å². The molecule has 0 saturated carbocycles. The second-order valence-electron chi connectivity index (χ2n) is 7.07. The van der Waals surface area contributed by atoms with Crippen molar-refractivity contribution in [3.63, 3.8) is 0 Å². The highest BCUT2D eigenvalue weighted by molar-refractivity contribution is 5.92. The van der Waals surface area contributed by atoms with Gasteiger partial charge in [0.1, 0.15) is 23.0 Å². The number of fused-ring (bicyclic) bond motifs is 1. The monoisotopic (exact) mass is 398 g/mol. The van der Waals surface area contributed by atoms with Gasteiger partial charge in [-0.3, -0.25) is 4.68 Å². The highest BCUT2D eigenvalue weighted by Crippen LogP contribution is 2.30. The lowest BCUT2D eigenvalue weighted by atomic mass is 10.2. The first kappa shape index (κ1) is 18.1. The van der Waals surface area contributed by atoms with Gasteiger partial charge in [-0.2, -0.15) is 5.10 Å². The van der Waals surface area contributed by atoms with Crippen LogP contribution in [0.15, 0.2) is 73.1 Å². The number of rotatable bonds is 4. The molecule has 3 heterocycles. The van der Waals surface area contributed by atoms with Gasteiger partial charge in [0.25, 0.3) is 0 Å². The van der Waals surface area contributed by atoms with Crippen molar-refractivity contribution in [2.24, 2.45) is 14.1 Å². The van der Waals surface area contributed by atoms with Crippen LogP contribution in [0.25, 0.3) is 33.7 Å². The van der Waals surface area contributed by atoms with Gasteiger partial charge in [0.05, 0.1) is 16.9 Å². The topological polar surface area (TPSA) is 60.6 Å². The summed E-state index contributed by atoms with van der Waals surface area (Å²) in [5.74, 6) is 1.24. The van der Waals surface area contributed by atoms with E-state index < -0.39 is 0 Å². The summed E-state index contributed by atoms with van der Waals surface area (Å²) in [7, 11) is 3.86. The van der Waals surface area contributed by atoms with Crippen LogP contribution in [0.1, 0.15) is 0 Å². The molecule has 0 aliphatic rings. The first-order valence-electron chi connectivity index (χ1n) is 9.53. The molecule has 0 fully saturated rings. The first-order valence-corrected chi connectivity index (χ1v) is 9.53. The van der Waals surface area contributed by atoms with Gasteiger partial charge in [-0.1, -0.05) is 6.07 Å². The summed E-state index contributed by atoms with van der Waals surface area (Å²) in [5, 5.41) is 7.57. The Balaban J connectivity index is 1.50. The molecule has 6 nitrogen and oxygen atoms in total. The third-order valence-corrected chi connectivity index (χ3v) is 5.16. The summed E-state index contributed by atoms with van der Waals surface area (Å²) in [6.07, 6.45) is 3.59. The number of pyridine rings is 1. The molecule has 5 rings (SSSR count). The molecular weight excluding hydrogens is 379 g/mol. The molecule has 5 aromatic rings. The van der Waals surface area contributed by atoms with Crippen molar-refractivity contribution in [1.29, 1.82) is 0 Å². The van der Waals surface area contributed by atoms with Crippen LogP contribution >= 0.6 is 0 Å². The predicted octanol–water partition coefficient (Wildman–Crippen LogP) is 4.92. The number of halogens is 1. The molecular formula is C23H19FN6. The van der Waals surface area contributed by atoms with Gasteiger partial charge in [0.2, 0.25) is 0 Å². The number of nitrogens with one attached hydrogen (secondary N) is 1. The number of imidazole rings is 1. The van der Waals surface area contributed by atoms with Gasteiger partial charge in [-0.05, 0) is 54.6 Å². The van der Waals surface area contributed by atoms with Crippen LogP contribution in [0.3, 0.4) is 0 Å². The van der Waals surface area contributed by atoms with E-state index in [1.54, 1.807) is 18.3 Å². The molecule has 0 atom stereocenters. The summed E-state index contributed by atoms with van der Waals surface area (Å²) in [6, 6.07) is 18.2. The average Bonchev–Trinajstić information content (AvgIpc) is 3.33. The molecule has 0 saturated heterocycles. The fourth-order valence-corrected chi connectivity index (χ4v) is 3.59. The van der Waals surface area contributed by atoms with E-state index in [1.807, 2.05) is 65.9 Å². The molecule has 30 heavy (non-hydrogen) atoms. The largest absolute Gasteiger partial charge is 0.338 e. The molecule has 0 unspecified atom stereocenters. The Morgan fingerprint density at radius 3 is 2.40 bits per heavy atom. The molecule has 1 N–H and O–H groups in total. The van der Waals surface area contributed by atoms with Gasteiger partial charge in [-0.15, -0.1) is 0 Å². The Morgan fingerprint density at radius 2 is 1.70 bits per heavy atom. The Bertz CT molecular complexity index is 1330. The molecule has 2 aromatic carbocycles. The standard InChI is InChI=1S/C23H19FN6/c1-29-20-5-3-4-18(22(20)28-23(29)15-6-9-17(24)10-7-15)27-21-11-8-16(14-25-21)19-12-13-26-30(19)2/h3-14H,1-2H3,(H,25,27). The second-order valence-corrected chi connectivity index (χ2v) is 7.07. The summed E-state index contributed by atoms with van der Waals surface area (Å²) < 4.78 is 17.1. The second kappa shape index (κ2) is 7.11. The number of anilines is 2. The van der Waals surface area contributed by atoms with Gasteiger partial charge in [0, 0.05) is 37.6 Å². The minimum Gasteiger partial charge on any atom is -0.338 e. The normalized spacial score (nSPS) is 11.2. The Morgan fingerprint density at radius 1 is 0.900 bits per heavy atom. The number of para-hydroxylation sites is 1. The van der Waals surface area contributed by atoms with Crippen LogP contribution < -0.4 is 5.32 Å². The average molecular weight is 398 g/mol. The highest BCUT2D eigenvalue weighted by atomic mass is 19.1. The molecule has 148 valence electrons. The lowest BCUT2D eigenvalue weighted by molar-refractivity contribution is 0.628. The Hall–Kier alpha value is -4.00. The lowest BCUT2D eigenvalue weighted by Gasteiger charge is -2.08. The molecule has 0 bridgehead atoms. The minimum atomic E-state index is -0.263. The highest BCUT2D eigenvalue weighted by Gasteiger charge is 2.13. The van der Waals surface area contributed by atoms with E-state index in [2.05, 4.69) is 15.4 Å². The van der Waals surface area contributed by atoms with Crippen molar-refractivity contribution in [3.05, 3.63) is 78.9 Å². The van der Waals surface area contributed by atoms with Crippen molar-refractivity contribution >= 4 is 22.5 Å². The maximum Gasteiger partial charge on any atom is 0.140 e. The predicted molar refractivity (Wildman–Crippen MR) is 116 cm³/mol. The van der Waals surface area contributed by atoms with E-state index in [4.69, 9.17) is 4.98 Å². The zero-order chi connectivity index (χ0) is 20.7. The summed E-state index contributed by atoms with van der Waals surface area (Å²) >= 11 is 0. The van der Waals surface area contributed by atoms with Crippen LogP contribution in [-0.4, -0.2) is 24.3 Å². The maximum absolute atomic E-state index is 13.3. The van der Waals surface area contributed by atoms with Crippen LogP contribution in [0.2, 0.25) is 0 Å². The molecule has 0 amide bonds. The summed E-state index contributed by atoms with van der Waals surface area (Å²) in [4.78, 5) is 9.36. The van der Waals surface area contributed by atoms with Gasteiger partial charge in [0.15, 0.2) is 0 Å². The molecule has 0 spiro atoms. The summed E-state index contributed by atoms with van der Waals surface area (Å²) in [5.41, 5.74) is 5.53. The quantitative estimate of drug-likeness (QED) is 0.467. The number of hydrogen-bond donors (Lipinski definition) is 1. The van der Waals surface area contributed by atoms with Gasteiger partial charge in [-0.25, -0.2) is 14.4 Å². The van der Waals surface area contributed by atoms with Crippen molar-refractivity contribution in [2.45, 2.75) is 0 Å². The molecule has 7 heteroatoms. The maximum atomic E-state index is 13.3. The Labute approximate surface area is 172 Å². The molecule has 3 aromatic heterocycles. The van der Waals surface area contributed by atoms with E-state index in [-0.39, 0.29) is 5.82 Å². The number of benzene rings is 2. The van der Waals surface area contributed by atoms with Gasteiger partial charge < -0.3 is 9.88 Å². The number of nitrogens with zero attached hydrogens (tertiary/aromatic N) is 5. The third-order valence-electron chi connectivity index (χ3n) is 5.16. The molecule has 0 radical (unpaired) electrons. The fourth-order valence-electron chi connectivity index (χ4n) is 3.59. The smallest absolute Gasteiger partial charge is 0.140 e. The fraction of sp³-hybridized carbons (Fsp3) is 0.0870. The van der Waals surface area contributed by atoms with E-state index in [1.165, 1.54) is 12.1 Å². The first-order chi connectivity index (χ1) is 14.6. The van der Waals surface area contributed by atoms with Crippen molar-refractivity contribution in [1.82, 2.24) is 24.3 Å². The Kier molecular flexibility index (Phi) is 4.28. The van der Waals surface area contributed by atoms with E-state index in [0.29, 0.717) is 0 Å². The molecule has 0 aliphatic carbocycles. The van der Waals surface area contributed by atoms with Gasteiger partial charge >= 0.3 is 0 Å². The SMILES string of the molecule is Cn1nccc1-c1ccc(Nc2cccc3c2nc(-c2ccc(F)cc2)n3C)nc1.